The first kappa shape index (κ1) is 32.8. The number of aromatic nitrogens is 2. The Hall–Kier alpha value is -3.14. The first-order valence-electron chi connectivity index (χ1n) is 13.9. The van der Waals surface area contributed by atoms with Crippen molar-refractivity contribution in [3.8, 4) is 22.5 Å². The van der Waals surface area contributed by atoms with Gasteiger partial charge in [0.15, 0.2) is 0 Å². The predicted octanol–water partition coefficient (Wildman–Crippen LogP) is 10.3. The molecule has 0 bridgehead atoms. The maximum absolute atomic E-state index is 4.93. The van der Waals surface area contributed by atoms with Crippen molar-refractivity contribution in [2.45, 2.75) is 20.4 Å². The van der Waals surface area contributed by atoms with Crippen molar-refractivity contribution in [2.24, 2.45) is 0 Å². The van der Waals surface area contributed by atoms with Crippen LogP contribution in [0.1, 0.15) is 11.1 Å². The third-order valence-corrected chi connectivity index (χ3v) is 7.64. The molecule has 0 atom stereocenters. The first-order chi connectivity index (χ1) is 21.0. The maximum atomic E-state index is 4.93. The van der Waals surface area contributed by atoms with E-state index < -0.39 is 20.8 Å². The summed E-state index contributed by atoms with van der Waals surface area (Å²) in [6.45, 7) is 6.44. The molecule has 0 fully saturated rings. The molecule has 0 amide bonds. The van der Waals surface area contributed by atoms with Crippen LogP contribution in [0.15, 0.2) is 140 Å². The molecular formula is C37H32Cl2N2SiZr. The summed E-state index contributed by atoms with van der Waals surface area (Å²) in [5.41, 5.74) is 7.12. The van der Waals surface area contributed by atoms with Gasteiger partial charge in [-0.05, 0) is 35.4 Å². The molecule has 2 nitrogen and oxygen atoms in total. The second-order valence-electron chi connectivity index (χ2n) is 9.80. The van der Waals surface area contributed by atoms with Gasteiger partial charge in [0.25, 0.3) is 0 Å². The summed E-state index contributed by atoms with van der Waals surface area (Å²) >= 11 is -0.826. The number of fused-ring (bicyclic) bond motifs is 2. The Balaban J connectivity index is 0.000000148. The summed E-state index contributed by atoms with van der Waals surface area (Å²) in [7, 11) is 10.8. The van der Waals surface area contributed by atoms with E-state index in [1.165, 1.54) is 49.0 Å². The molecule has 0 aliphatic heterocycles. The molecule has 7 aromatic rings. The second kappa shape index (κ2) is 17.2. The van der Waals surface area contributed by atoms with Crippen molar-refractivity contribution in [3.63, 3.8) is 0 Å². The fraction of sp³-hybridized carbons (Fsp3) is 0.0811. The molecule has 2 aromatic heterocycles. The summed E-state index contributed by atoms with van der Waals surface area (Å²) in [5, 5.41) is 6.60. The number of halogens is 2. The van der Waals surface area contributed by atoms with Gasteiger partial charge in [-0.1, -0.05) is 80.2 Å². The number of rotatable bonds is 3. The Kier molecular flexibility index (Phi) is 13.1. The van der Waals surface area contributed by atoms with Crippen molar-refractivity contribution < 1.29 is 20.8 Å². The fourth-order valence-electron chi connectivity index (χ4n) is 4.86. The standard InChI is InChI=1S/2C15H12N.C7H8Si.2ClH.Zr/c2*1-11-9-12-5-4-6-13(14(12)10-11)15-7-2-3-8-16-15;1-8-7-5-3-2-4-6-7;;;/h2*2-10H,1H3;2-6H,1H3;2*1H;/q2*-1;;;;+4/p-2. The summed E-state index contributed by atoms with van der Waals surface area (Å²) in [6.07, 6.45) is 3.67. The van der Waals surface area contributed by atoms with Gasteiger partial charge in [-0.15, -0.1) is 69.1 Å². The van der Waals surface area contributed by atoms with Gasteiger partial charge in [-0.3, -0.25) is 9.97 Å². The molecule has 43 heavy (non-hydrogen) atoms. The molecule has 0 saturated heterocycles. The third-order valence-electron chi connectivity index (χ3n) is 6.73. The molecule has 0 spiro atoms. The average Bonchev–Trinajstić information content (AvgIpc) is 3.64. The molecule has 0 saturated carbocycles. The van der Waals surface area contributed by atoms with Crippen molar-refractivity contribution in [3.05, 3.63) is 151 Å². The van der Waals surface area contributed by atoms with Crippen molar-refractivity contribution in [1.29, 1.82) is 0 Å². The Labute approximate surface area is 276 Å². The van der Waals surface area contributed by atoms with Crippen LogP contribution in [0.4, 0.5) is 0 Å². The number of benzene rings is 3. The Morgan fingerprint density at radius 2 is 1.02 bits per heavy atom. The minimum absolute atomic E-state index is 0.826. The van der Waals surface area contributed by atoms with Gasteiger partial charge < -0.3 is 0 Å². The first-order valence-corrected chi connectivity index (χ1v) is 21.7. The van der Waals surface area contributed by atoms with E-state index in [9.17, 15) is 0 Å². The SMILES string of the molecule is C[Si]c1ccccc1.Cc1cc2c(-c3ccccn3)cccc2[cH-]1.Cc1cc2c(-c3ccccn3)cccc2[cH-]1.[Cl][Zr+2][Cl]. The van der Waals surface area contributed by atoms with Crippen LogP contribution in [0.5, 0.6) is 0 Å². The third kappa shape index (κ3) is 9.42. The topological polar surface area (TPSA) is 25.8 Å². The van der Waals surface area contributed by atoms with Crippen LogP contribution in [0.25, 0.3) is 44.1 Å². The van der Waals surface area contributed by atoms with E-state index in [0.29, 0.717) is 0 Å². The van der Waals surface area contributed by atoms with Crippen LogP contribution in [0.2, 0.25) is 6.55 Å². The zero-order valence-corrected chi connectivity index (χ0v) is 29.4. The zero-order valence-electron chi connectivity index (χ0n) is 24.4. The molecule has 5 aromatic carbocycles. The number of hydrogen-bond acceptors (Lipinski definition) is 2. The molecule has 212 valence electrons. The molecule has 2 radical (unpaired) electrons. The second-order valence-corrected chi connectivity index (χ2v) is 14.6. The Morgan fingerprint density at radius 1 is 0.581 bits per heavy atom. The summed E-state index contributed by atoms with van der Waals surface area (Å²) < 4.78 is 0. The number of hydrogen-bond donors (Lipinski definition) is 0. The number of nitrogens with zero attached hydrogens (tertiary/aromatic N) is 2. The van der Waals surface area contributed by atoms with Crippen LogP contribution in [0.3, 0.4) is 0 Å². The quantitative estimate of drug-likeness (QED) is 0.136. The zero-order chi connectivity index (χ0) is 30.4. The van der Waals surface area contributed by atoms with Crippen LogP contribution in [-0.4, -0.2) is 19.5 Å². The van der Waals surface area contributed by atoms with Crippen molar-refractivity contribution >= 4 is 53.3 Å². The van der Waals surface area contributed by atoms with E-state index in [0.717, 1.165) is 20.9 Å². The molecule has 0 unspecified atom stereocenters. The molecule has 0 N–H and O–H groups in total. The molecular weight excluding hydrogens is 663 g/mol. The van der Waals surface area contributed by atoms with Gasteiger partial charge in [-0.2, -0.15) is 12.1 Å². The Morgan fingerprint density at radius 3 is 1.40 bits per heavy atom. The van der Waals surface area contributed by atoms with Crippen LogP contribution in [-0.2, 0) is 20.8 Å². The number of aryl methyl sites for hydroxylation is 2. The molecule has 0 aliphatic carbocycles. The summed E-state index contributed by atoms with van der Waals surface area (Å²) in [4.78, 5) is 8.82. The summed E-state index contributed by atoms with van der Waals surface area (Å²) in [6, 6.07) is 44.1. The van der Waals surface area contributed by atoms with Gasteiger partial charge in [0.05, 0.1) is 20.9 Å². The van der Waals surface area contributed by atoms with Gasteiger partial charge in [0.1, 0.15) is 0 Å². The van der Waals surface area contributed by atoms with Crippen LogP contribution >= 0.6 is 17.0 Å². The van der Waals surface area contributed by atoms with E-state index in [4.69, 9.17) is 17.0 Å². The molecule has 6 heteroatoms. The summed E-state index contributed by atoms with van der Waals surface area (Å²) in [5.74, 6) is 0. The van der Waals surface area contributed by atoms with Gasteiger partial charge in [0, 0.05) is 12.4 Å². The van der Waals surface area contributed by atoms with E-state index in [-0.39, 0.29) is 0 Å². The molecule has 2 heterocycles. The molecule has 0 aliphatic rings. The van der Waals surface area contributed by atoms with Crippen LogP contribution in [0, 0.1) is 13.8 Å². The average molecular weight is 695 g/mol. The normalized spacial score (nSPS) is 9.98. The van der Waals surface area contributed by atoms with Gasteiger partial charge in [-0.25, -0.2) is 0 Å². The molecule has 7 rings (SSSR count). The van der Waals surface area contributed by atoms with E-state index >= 15 is 0 Å². The van der Waals surface area contributed by atoms with E-state index in [1.54, 1.807) is 0 Å². The fourth-order valence-corrected chi connectivity index (χ4v) is 5.39. The van der Waals surface area contributed by atoms with Gasteiger partial charge in [0.2, 0.25) is 0 Å². The number of pyridine rings is 2. The van der Waals surface area contributed by atoms with Gasteiger partial charge >= 0.3 is 37.9 Å². The Bertz CT molecular complexity index is 1700. The van der Waals surface area contributed by atoms with E-state index in [1.807, 2.05) is 42.7 Å². The monoisotopic (exact) mass is 692 g/mol. The predicted molar refractivity (Wildman–Crippen MR) is 184 cm³/mol. The minimum atomic E-state index is -0.826. The van der Waals surface area contributed by atoms with Crippen molar-refractivity contribution in [1.82, 2.24) is 9.97 Å². The van der Waals surface area contributed by atoms with Crippen molar-refractivity contribution in [2.75, 3.05) is 0 Å². The van der Waals surface area contributed by atoms with Crippen LogP contribution < -0.4 is 5.19 Å². The van der Waals surface area contributed by atoms with E-state index in [2.05, 4.69) is 127 Å².